The van der Waals surface area contributed by atoms with Crippen LogP contribution in [0.1, 0.15) is 5.69 Å². The fourth-order valence-corrected chi connectivity index (χ4v) is 9.62. The summed E-state index contributed by atoms with van der Waals surface area (Å²) < 4.78 is 0.628. The van der Waals surface area contributed by atoms with Gasteiger partial charge in [-0.15, -0.1) is 45.8 Å². The normalized spacial score (nSPS) is 24.2. The van der Waals surface area contributed by atoms with E-state index in [0.717, 1.165) is 27.8 Å². The first kappa shape index (κ1) is 24.1. The Morgan fingerprint density at radius 2 is 2.14 bits per heavy atom. The van der Waals surface area contributed by atoms with Crippen molar-refractivity contribution < 1.29 is 24.7 Å². The molecule has 3 aromatic rings. The van der Waals surface area contributed by atoms with Crippen LogP contribution in [0.15, 0.2) is 37.1 Å². The van der Waals surface area contributed by atoms with E-state index in [2.05, 4.69) is 15.5 Å². The highest BCUT2D eigenvalue weighted by Gasteiger charge is 2.58. The number of fused-ring (bicyclic) bond motifs is 2. The average molecular weight is 570 g/mol. The summed E-state index contributed by atoms with van der Waals surface area (Å²) in [5.74, 6) is -2.18. The van der Waals surface area contributed by atoms with Crippen molar-refractivity contribution in [1.82, 2.24) is 15.2 Å². The van der Waals surface area contributed by atoms with Crippen LogP contribution in [0, 0.1) is 0 Å². The number of β-lactam (4-membered cyclic amide) rings is 1. The molecule has 3 atom stereocenters. The number of amides is 2. The second-order valence-corrected chi connectivity index (χ2v) is 13.3. The molecular formula is C19H15N5O6S5. The molecule has 2 fully saturated rings. The minimum atomic E-state index is -1.35. The van der Waals surface area contributed by atoms with Gasteiger partial charge in [0.05, 0.1) is 13.6 Å². The molecule has 2 saturated heterocycles. The third kappa shape index (κ3) is 4.18. The predicted octanol–water partition coefficient (Wildman–Crippen LogP) is 1.56. The number of nitrogens with zero attached hydrogens (tertiary/aromatic N) is 3. The van der Waals surface area contributed by atoms with Crippen molar-refractivity contribution in [2.24, 2.45) is 5.16 Å². The topological polar surface area (TPSA) is 175 Å². The molecule has 2 aliphatic rings. The third-order valence-electron chi connectivity index (χ3n) is 5.42. The molecule has 0 radical (unpaired) electrons. The van der Waals surface area contributed by atoms with E-state index in [0.29, 0.717) is 8.91 Å². The second-order valence-electron chi connectivity index (χ2n) is 7.58. The minimum Gasteiger partial charge on any atom is -0.480 e. The van der Waals surface area contributed by atoms with Crippen molar-refractivity contribution in [3.63, 3.8) is 0 Å². The fourth-order valence-electron chi connectivity index (χ4n) is 3.72. The van der Waals surface area contributed by atoms with Crippen LogP contribution in [0.5, 0.6) is 0 Å². The summed E-state index contributed by atoms with van der Waals surface area (Å²) in [6.45, 7) is -0.0813. The number of rotatable bonds is 6. The number of nitrogens with two attached hydrogens (primary N) is 1. The van der Waals surface area contributed by atoms with Gasteiger partial charge in [-0.3, -0.25) is 19.2 Å². The molecule has 0 saturated carbocycles. The van der Waals surface area contributed by atoms with Gasteiger partial charge >= 0.3 is 5.97 Å². The van der Waals surface area contributed by atoms with Gasteiger partial charge in [0.15, 0.2) is 16.3 Å². The number of aliphatic carboxylic acids is 1. The highest BCUT2D eigenvalue weighted by Crippen LogP contribution is 2.47. The van der Waals surface area contributed by atoms with Gasteiger partial charge in [-0.2, -0.15) is 0 Å². The molecule has 2 unspecified atom stereocenters. The summed E-state index contributed by atoms with van der Waals surface area (Å²) in [6, 6.07) is 2.36. The number of anilines is 1. The molecule has 11 nitrogen and oxygen atoms in total. The molecule has 2 amide bonds. The van der Waals surface area contributed by atoms with Crippen LogP contribution in [0.4, 0.5) is 5.13 Å². The van der Waals surface area contributed by atoms with E-state index in [9.17, 15) is 29.5 Å². The maximum absolute atomic E-state index is 12.9. The Hall–Kier alpha value is -2.66. The van der Waals surface area contributed by atoms with Crippen LogP contribution in [0.2, 0.25) is 0 Å². The van der Waals surface area contributed by atoms with Crippen molar-refractivity contribution in [2.75, 3.05) is 18.0 Å². The number of carbonyl (C=O) groups excluding carboxylic acids is 2. The number of nitrogen functional groups attached to an aromatic ring is 1. The van der Waals surface area contributed by atoms with E-state index in [-0.39, 0.29) is 34.3 Å². The van der Waals surface area contributed by atoms with Crippen molar-refractivity contribution in [2.45, 2.75) is 20.4 Å². The molecule has 16 heteroatoms. The van der Waals surface area contributed by atoms with Crippen LogP contribution in [-0.4, -0.2) is 72.2 Å². The molecule has 0 bridgehead atoms. The van der Waals surface area contributed by atoms with Crippen LogP contribution < -0.4 is 16.5 Å². The Labute approximate surface area is 217 Å². The van der Waals surface area contributed by atoms with Crippen LogP contribution in [-0.2, 0) is 14.4 Å². The monoisotopic (exact) mass is 569 g/mol. The number of hydrogen-bond acceptors (Lipinski definition) is 13. The first-order valence-corrected chi connectivity index (χ1v) is 14.3. The second kappa shape index (κ2) is 9.09. The molecule has 182 valence electrons. The van der Waals surface area contributed by atoms with E-state index in [4.69, 9.17) is 5.73 Å². The number of aromatic nitrogens is 1. The number of thiazole rings is 1. The lowest BCUT2D eigenvalue weighted by molar-refractivity contribution is -0.151. The fraction of sp³-hybridized carbons (Fsp3) is 0.263. The summed E-state index contributed by atoms with van der Waals surface area (Å²) in [5, 5.41) is 27.9. The zero-order chi connectivity index (χ0) is 24.9. The van der Waals surface area contributed by atoms with Gasteiger partial charge in [0, 0.05) is 23.7 Å². The summed E-state index contributed by atoms with van der Waals surface area (Å²) >= 11 is 6.05. The lowest BCUT2D eigenvalue weighted by atomic mass is 10.0. The highest BCUT2D eigenvalue weighted by atomic mass is 32.2. The van der Waals surface area contributed by atoms with Gasteiger partial charge in [-0.1, -0.05) is 16.9 Å². The molecule has 3 aromatic heterocycles. The zero-order valence-electron chi connectivity index (χ0n) is 17.4. The van der Waals surface area contributed by atoms with Crippen molar-refractivity contribution in [3.05, 3.63) is 38.8 Å². The van der Waals surface area contributed by atoms with E-state index in [1.807, 2.05) is 11.4 Å². The third-order valence-corrected chi connectivity index (χ3v) is 11.4. The van der Waals surface area contributed by atoms with Crippen LogP contribution in [0.3, 0.4) is 0 Å². The van der Waals surface area contributed by atoms with Gasteiger partial charge in [0.2, 0.25) is 5.91 Å². The number of thiophene rings is 1. The summed E-state index contributed by atoms with van der Waals surface area (Å²) in [6.07, 6.45) is 0. The van der Waals surface area contributed by atoms with Gasteiger partial charge in [-0.25, -0.2) is 4.98 Å². The number of carbonyl (C=O) groups is 3. The summed E-state index contributed by atoms with van der Waals surface area (Å²) in [5.41, 5.74) is 5.10. The van der Waals surface area contributed by atoms with Gasteiger partial charge < -0.3 is 26.3 Å². The molecule has 5 heterocycles. The van der Waals surface area contributed by atoms with Crippen molar-refractivity contribution in [1.29, 1.82) is 0 Å². The summed E-state index contributed by atoms with van der Waals surface area (Å²) in [4.78, 5) is 55.5. The number of carboxylic acids is 1. The molecular weight excluding hydrogens is 555 g/mol. The molecule has 0 spiro atoms. The average Bonchev–Trinajstić information content (AvgIpc) is 3.47. The Morgan fingerprint density at radius 3 is 2.83 bits per heavy atom. The minimum absolute atomic E-state index is 0.0790. The van der Waals surface area contributed by atoms with Crippen LogP contribution >= 0.6 is 57.5 Å². The van der Waals surface area contributed by atoms with Crippen LogP contribution in [0.25, 0.3) is 9.40 Å². The van der Waals surface area contributed by atoms with Crippen molar-refractivity contribution in [3.8, 4) is 0 Å². The van der Waals surface area contributed by atoms with Gasteiger partial charge in [0.25, 0.3) is 5.91 Å². The number of hydrogen-bond donors (Lipinski definition) is 4. The largest absolute Gasteiger partial charge is 0.480 e. The van der Waals surface area contributed by atoms with E-state index >= 15 is 0 Å². The van der Waals surface area contributed by atoms with Crippen molar-refractivity contribution >= 4 is 95.6 Å². The number of carboxylic acid groups (broad SMARTS) is 1. The number of oxime groups is 1. The Balaban J connectivity index is 1.31. The number of thioether (sulfide) groups is 2. The molecule has 2 aliphatic heterocycles. The van der Waals surface area contributed by atoms with E-state index < -0.39 is 33.9 Å². The first-order valence-electron chi connectivity index (χ1n) is 9.82. The molecule has 0 aromatic carbocycles. The molecule has 0 aliphatic carbocycles. The summed E-state index contributed by atoms with van der Waals surface area (Å²) in [7, 11) is 0. The molecule has 5 rings (SSSR count). The first-order chi connectivity index (χ1) is 16.7. The lowest BCUT2D eigenvalue weighted by Crippen LogP contribution is -2.74. The van der Waals surface area contributed by atoms with E-state index in [1.165, 1.54) is 50.8 Å². The Morgan fingerprint density at radius 1 is 1.34 bits per heavy atom. The predicted molar refractivity (Wildman–Crippen MR) is 137 cm³/mol. The maximum Gasteiger partial charge on any atom is 0.322 e. The Bertz CT molecular complexity index is 1450. The van der Waals surface area contributed by atoms with Gasteiger partial charge in [0.1, 0.15) is 21.9 Å². The smallest absolute Gasteiger partial charge is 0.322 e. The zero-order valence-corrected chi connectivity index (χ0v) is 21.4. The Kier molecular flexibility index (Phi) is 6.25. The highest BCUT2D eigenvalue weighted by molar-refractivity contribution is 8.06. The standard InChI is InChI=1S/C19H15N5O6S5/c20-18-21-7(4-32-18)11(23-30)14(26)22-12-15(27)24-5-19(17(28)29,6-33-16(12)24)35-10-3-8(25)13-9(34-10)1-2-31-13/h1-4,12,16,30H,5-6H2,(H2,20,21)(H,22,26)(H,28,29)/t12?,16-,19?/m1/s1. The lowest BCUT2D eigenvalue weighted by Gasteiger charge is -2.53. The number of nitrogens with one attached hydrogen (secondary N) is 1. The molecule has 35 heavy (non-hydrogen) atoms. The SMILES string of the molecule is Nc1nc(C(=NO)C(=O)NC2C(=O)N3CC(Sc4cc(=O)c5sccc5s4)(C(=O)O)CS[C@H]23)cs1. The molecule has 5 N–H and O–H groups in total. The van der Waals surface area contributed by atoms with E-state index in [1.54, 1.807) is 0 Å². The van der Waals surface area contributed by atoms with Gasteiger partial charge in [-0.05, 0) is 11.4 Å². The maximum atomic E-state index is 12.9. The quantitative estimate of drug-likeness (QED) is 0.147.